The number of hydrogen-bond donors (Lipinski definition) is 0. The van der Waals surface area contributed by atoms with Crippen molar-refractivity contribution in [3.63, 3.8) is 0 Å². The maximum atomic E-state index is 11.4. The Kier molecular flexibility index (Phi) is 7.48. The van der Waals surface area contributed by atoms with Crippen molar-refractivity contribution in [3.05, 3.63) is 145 Å². The first kappa shape index (κ1) is 28.3. The number of benzene rings is 4. The number of rotatable bonds is 7. The van der Waals surface area contributed by atoms with Gasteiger partial charge >= 0.3 is 0 Å². The number of fused-ring (bicyclic) bond motifs is 1. The molecule has 0 amide bonds. The fourth-order valence-electron chi connectivity index (χ4n) is 6.14. The average molecular weight is 614 g/mol. The molecule has 2 atom stereocenters. The molecule has 1 saturated carbocycles. The zero-order valence-corrected chi connectivity index (χ0v) is 24.8. The van der Waals surface area contributed by atoms with Gasteiger partial charge < -0.3 is 0 Å². The molecule has 0 radical (unpaired) electrons. The molecule has 0 saturated heterocycles. The second-order valence-electron chi connectivity index (χ2n) is 11.1. The molecule has 45 heavy (non-hydrogen) atoms. The van der Waals surface area contributed by atoms with Crippen LogP contribution in [0.4, 0.5) is 16.5 Å². The summed E-state index contributed by atoms with van der Waals surface area (Å²) in [7, 11) is 0. The topological polar surface area (TPSA) is 115 Å². The van der Waals surface area contributed by atoms with Crippen LogP contribution in [0.3, 0.4) is 0 Å². The predicted octanol–water partition coefficient (Wildman–Crippen LogP) is 9.09. The van der Waals surface area contributed by atoms with Crippen molar-refractivity contribution < 1.29 is 9.85 Å². The number of nitro groups is 2. The van der Waals surface area contributed by atoms with Gasteiger partial charge in [0, 0.05) is 41.1 Å². The lowest BCUT2D eigenvalue weighted by atomic mass is 9.77. The van der Waals surface area contributed by atoms with Crippen LogP contribution in [0.1, 0.15) is 36.4 Å². The van der Waals surface area contributed by atoms with Gasteiger partial charge in [-0.05, 0) is 65.3 Å². The van der Waals surface area contributed by atoms with E-state index in [4.69, 9.17) is 10.1 Å². The van der Waals surface area contributed by atoms with Crippen LogP contribution in [0, 0.1) is 26.1 Å². The quantitative estimate of drug-likeness (QED) is 0.134. The van der Waals surface area contributed by atoms with E-state index < -0.39 is 4.92 Å². The third kappa shape index (κ3) is 5.63. The number of non-ortho nitro benzene ring substituents is 2. The first-order valence-electron chi connectivity index (χ1n) is 14.6. The van der Waals surface area contributed by atoms with Crippen molar-refractivity contribution in [1.29, 1.82) is 0 Å². The van der Waals surface area contributed by atoms with E-state index in [1.807, 2.05) is 40.7 Å². The van der Waals surface area contributed by atoms with Crippen LogP contribution in [0.5, 0.6) is 0 Å². The Balaban J connectivity index is 1.24. The van der Waals surface area contributed by atoms with Gasteiger partial charge in [-0.2, -0.15) is 5.10 Å². The monoisotopic (exact) mass is 613 g/mol. The van der Waals surface area contributed by atoms with E-state index in [-0.39, 0.29) is 28.3 Å². The number of allylic oxidation sites excluding steroid dienone is 1. The van der Waals surface area contributed by atoms with Crippen molar-refractivity contribution in [3.8, 4) is 22.4 Å². The summed E-state index contributed by atoms with van der Waals surface area (Å²) < 4.78 is 0. The van der Waals surface area contributed by atoms with Crippen LogP contribution in [0.15, 0.2) is 119 Å². The van der Waals surface area contributed by atoms with Gasteiger partial charge in [-0.3, -0.25) is 20.2 Å². The highest BCUT2D eigenvalue weighted by molar-refractivity contribution is 7.14. The van der Waals surface area contributed by atoms with Gasteiger partial charge in [-0.15, -0.1) is 11.3 Å². The molecule has 5 aromatic rings. The Morgan fingerprint density at radius 2 is 1.40 bits per heavy atom. The second-order valence-corrected chi connectivity index (χ2v) is 11.9. The zero-order valence-electron chi connectivity index (χ0n) is 24.0. The third-order valence-corrected chi connectivity index (χ3v) is 9.20. The van der Waals surface area contributed by atoms with Crippen LogP contribution in [-0.2, 0) is 0 Å². The fourth-order valence-corrected chi connectivity index (χ4v) is 6.96. The molecular weight excluding hydrogens is 586 g/mol. The summed E-state index contributed by atoms with van der Waals surface area (Å²) >= 11 is 1.52. The van der Waals surface area contributed by atoms with E-state index >= 15 is 0 Å². The molecule has 9 nitrogen and oxygen atoms in total. The van der Waals surface area contributed by atoms with Crippen LogP contribution in [0.2, 0.25) is 0 Å². The van der Waals surface area contributed by atoms with Gasteiger partial charge in [0.15, 0.2) is 0 Å². The zero-order chi connectivity index (χ0) is 30.9. The van der Waals surface area contributed by atoms with Gasteiger partial charge in [-0.25, -0.2) is 9.99 Å². The number of hydrazone groups is 1. The maximum absolute atomic E-state index is 11.4. The normalized spacial score (nSPS) is 18.4. The first-order chi connectivity index (χ1) is 21.9. The summed E-state index contributed by atoms with van der Waals surface area (Å²) in [5.41, 5.74) is 8.11. The highest BCUT2D eigenvalue weighted by Crippen LogP contribution is 2.47. The molecule has 1 fully saturated rings. The van der Waals surface area contributed by atoms with E-state index in [2.05, 4.69) is 42.5 Å². The summed E-state index contributed by atoms with van der Waals surface area (Å²) in [6.07, 6.45) is 4.77. The largest absolute Gasteiger partial charge is 0.269 e. The Labute approximate surface area is 263 Å². The summed E-state index contributed by atoms with van der Waals surface area (Å²) in [6, 6.07) is 31.7. The molecule has 10 heteroatoms. The SMILES string of the molecule is O=[N+]([O-])c1ccc(/C=C2\CCC[C@@H]3C2=NN(c2nc(-c4ccc(-c5ccccc5)cc4)cs2)[C@H]3c2ccc([N+](=O)[O-])cc2)cc1. The molecule has 7 rings (SSSR count). The van der Waals surface area contributed by atoms with E-state index in [9.17, 15) is 20.2 Å². The average Bonchev–Trinajstić information content (AvgIpc) is 3.72. The van der Waals surface area contributed by atoms with Gasteiger partial charge in [-0.1, -0.05) is 66.7 Å². The predicted molar refractivity (Wildman–Crippen MR) is 177 cm³/mol. The molecule has 1 aromatic heterocycles. The van der Waals surface area contributed by atoms with Crippen LogP contribution in [0.25, 0.3) is 28.5 Å². The molecule has 0 spiro atoms. The van der Waals surface area contributed by atoms with Crippen LogP contribution in [-0.4, -0.2) is 20.5 Å². The minimum absolute atomic E-state index is 0.0438. The van der Waals surface area contributed by atoms with Gasteiger partial charge in [0.25, 0.3) is 11.4 Å². The van der Waals surface area contributed by atoms with Gasteiger partial charge in [0.05, 0.1) is 27.3 Å². The molecule has 2 heterocycles. The number of nitrogens with zero attached hydrogens (tertiary/aromatic N) is 5. The number of thiazole rings is 1. The lowest BCUT2D eigenvalue weighted by molar-refractivity contribution is -0.385. The van der Waals surface area contributed by atoms with Gasteiger partial charge in [0.2, 0.25) is 5.13 Å². The summed E-state index contributed by atoms with van der Waals surface area (Å²) in [4.78, 5) is 26.8. The molecule has 4 aromatic carbocycles. The molecule has 1 aliphatic carbocycles. The second kappa shape index (κ2) is 11.9. The van der Waals surface area contributed by atoms with E-state index in [0.29, 0.717) is 0 Å². The molecule has 2 aliphatic rings. The molecule has 0 unspecified atom stereocenters. The van der Waals surface area contributed by atoms with E-state index in [0.717, 1.165) is 69.2 Å². The van der Waals surface area contributed by atoms with Crippen molar-refractivity contribution in [2.24, 2.45) is 11.0 Å². The summed E-state index contributed by atoms with van der Waals surface area (Å²) in [6.45, 7) is 0. The summed E-state index contributed by atoms with van der Waals surface area (Å²) in [5.74, 6) is 0.0574. The van der Waals surface area contributed by atoms with Crippen LogP contribution < -0.4 is 5.01 Å². The first-order valence-corrected chi connectivity index (χ1v) is 15.5. The lowest BCUT2D eigenvalue weighted by Crippen LogP contribution is -2.28. The number of hydrogen-bond acceptors (Lipinski definition) is 8. The Morgan fingerprint density at radius 1 is 0.778 bits per heavy atom. The van der Waals surface area contributed by atoms with E-state index in [1.54, 1.807) is 24.3 Å². The molecule has 222 valence electrons. The molecular formula is C35H27N5O4S. The smallest absolute Gasteiger partial charge is 0.258 e. The molecule has 0 N–H and O–H groups in total. The minimum atomic E-state index is -0.402. The van der Waals surface area contributed by atoms with E-state index in [1.165, 1.54) is 23.5 Å². The van der Waals surface area contributed by atoms with Crippen molar-refractivity contribution in [1.82, 2.24) is 4.98 Å². The Bertz CT molecular complexity index is 1940. The third-order valence-electron chi connectivity index (χ3n) is 8.37. The van der Waals surface area contributed by atoms with Crippen molar-refractivity contribution in [2.45, 2.75) is 25.3 Å². The fraction of sp³-hybridized carbons (Fsp3) is 0.143. The Morgan fingerprint density at radius 3 is 2.07 bits per heavy atom. The van der Waals surface area contributed by atoms with Gasteiger partial charge in [0.1, 0.15) is 0 Å². The number of aromatic nitrogens is 1. The highest BCUT2D eigenvalue weighted by atomic mass is 32.1. The standard InChI is InChI=1S/C35H27N5O4S/c41-39(42)29-17-9-23(10-18-29)21-28-7-4-8-31-33(28)37-38(34(31)27-15-19-30(20-16-27)40(43)44)35-36-32(22-45-35)26-13-11-25(12-14-26)24-5-2-1-3-6-24/h1-3,5-6,9-22,31,34H,4,7-8H2/b28-21+/t31-,34+/m1/s1. The van der Waals surface area contributed by atoms with Crippen molar-refractivity contribution in [2.75, 3.05) is 5.01 Å². The minimum Gasteiger partial charge on any atom is -0.258 e. The highest BCUT2D eigenvalue weighted by Gasteiger charge is 2.43. The van der Waals surface area contributed by atoms with Crippen LogP contribution >= 0.6 is 11.3 Å². The maximum Gasteiger partial charge on any atom is 0.269 e. The molecule has 1 aliphatic heterocycles. The lowest BCUT2D eigenvalue weighted by Gasteiger charge is -2.29. The van der Waals surface area contributed by atoms with Crippen molar-refractivity contribution >= 4 is 39.6 Å². The Hall–Kier alpha value is -5.48. The molecule has 0 bridgehead atoms. The number of anilines is 1. The summed E-state index contributed by atoms with van der Waals surface area (Å²) in [5, 5.41) is 32.4. The number of nitro benzene ring substituents is 2.